The fourth-order valence-electron chi connectivity index (χ4n) is 11.7. The Bertz CT molecular complexity index is 3660. The van der Waals surface area contributed by atoms with Crippen LogP contribution in [0.5, 0.6) is 11.5 Å². The van der Waals surface area contributed by atoms with Crippen LogP contribution in [0, 0.1) is 41.5 Å². The van der Waals surface area contributed by atoms with E-state index in [1.165, 1.54) is 93.4 Å². The Labute approximate surface area is 406 Å². The first-order valence-corrected chi connectivity index (χ1v) is 24.2. The Balaban J connectivity index is 0.941. The second kappa shape index (κ2) is 16.9. The molecule has 0 aliphatic carbocycles. The smallest absolute Gasteiger partial charge is 0.242 e. The van der Waals surface area contributed by atoms with Crippen LogP contribution in [-0.4, -0.2) is 6.71 Å². The maximum Gasteiger partial charge on any atom is 0.242 e. The number of para-hydroxylation sites is 2. The summed E-state index contributed by atoms with van der Waals surface area (Å²) >= 11 is 0. The van der Waals surface area contributed by atoms with Crippen LogP contribution in [-0.2, 0) is 0 Å². The summed E-state index contributed by atoms with van der Waals surface area (Å²) in [6, 6.07) is 75.8. The third-order valence-corrected chi connectivity index (χ3v) is 14.5. The van der Waals surface area contributed by atoms with E-state index >= 15 is 0 Å². The predicted octanol–water partition coefficient (Wildman–Crippen LogP) is 16.1. The van der Waals surface area contributed by atoms with Crippen molar-refractivity contribution in [3.05, 3.63) is 240 Å². The van der Waals surface area contributed by atoms with Crippen LogP contribution < -0.4 is 26.0 Å². The maximum absolute atomic E-state index is 6.89. The summed E-state index contributed by atoms with van der Waals surface area (Å²) in [7, 11) is 0. The Kier molecular flexibility index (Phi) is 10.3. The number of nitrogens with zero attached hydrogens (tertiary/aromatic N) is 1. The monoisotopic (exact) mass is 885 g/mol. The summed E-state index contributed by atoms with van der Waals surface area (Å²) in [5.41, 5.74) is 22.4. The van der Waals surface area contributed by atoms with Crippen molar-refractivity contribution in [1.82, 2.24) is 0 Å². The third kappa shape index (κ3) is 7.29. The lowest BCUT2D eigenvalue weighted by Crippen LogP contribution is -2.55. The molecule has 1 aliphatic rings. The molecular weight excluding hydrogens is 834 g/mol. The molecule has 11 aromatic rings. The summed E-state index contributed by atoms with van der Waals surface area (Å²) < 4.78 is 6.89. The number of benzene rings is 11. The van der Waals surface area contributed by atoms with E-state index in [2.05, 4.69) is 253 Å². The van der Waals surface area contributed by atoms with Gasteiger partial charge in [-0.2, -0.15) is 0 Å². The molecule has 0 spiro atoms. The Hall–Kier alpha value is -8.14. The fraction of sp³-hybridized carbons (Fsp3) is 0.0909. The van der Waals surface area contributed by atoms with Crippen LogP contribution in [0.15, 0.2) is 206 Å². The highest BCUT2D eigenvalue weighted by Crippen LogP contribution is 2.51. The van der Waals surface area contributed by atoms with E-state index in [0.717, 1.165) is 50.6 Å². The lowest BCUT2D eigenvalue weighted by Gasteiger charge is -2.26. The molecule has 0 saturated heterocycles. The largest absolute Gasteiger partial charge is 0.456 e. The van der Waals surface area contributed by atoms with Gasteiger partial charge in [0.2, 0.25) is 6.71 Å². The van der Waals surface area contributed by atoms with E-state index < -0.39 is 0 Å². The lowest BCUT2D eigenvalue weighted by molar-refractivity contribution is 0.487. The molecule has 0 saturated carbocycles. The second-order valence-corrected chi connectivity index (χ2v) is 19.2. The summed E-state index contributed by atoms with van der Waals surface area (Å²) in [5, 5.41) is 7.32. The van der Waals surface area contributed by atoms with Crippen LogP contribution in [0.3, 0.4) is 0 Å². The molecule has 1 aliphatic heterocycles. The zero-order valence-corrected chi connectivity index (χ0v) is 40.1. The molecule has 0 fully saturated rings. The zero-order chi connectivity index (χ0) is 46.9. The van der Waals surface area contributed by atoms with Crippen molar-refractivity contribution < 1.29 is 4.74 Å². The first-order valence-electron chi connectivity index (χ1n) is 24.2. The molecule has 0 aromatic heterocycles. The molecule has 0 bridgehead atoms. The van der Waals surface area contributed by atoms with Crippen molar-refractivity contribution in [2.45, 2.75) is 41.5 Å². The molecule has 0 N–H and O–H groups in total. The van der Waals surface area contributed by atoms with Crippen LogP contribution in [0.4, 0.5) is 17.1 Å². The molecule has 330 valence electrons. The zero-order valence-electron chi connectivity index (χ0n) is 40.1. The molecule has 69 heavy (non-hydrogen) atoms. The number of hydrogen-bond acceptors (Lipinski definition) is 2. The van der Waals surface area contributed by atoms with E-state index in [0.29, 0.717) is 0 Å². The van der Waals surface area contributed by atoms with E-state index in [1.54, 1.807) is 0 Å². The first kappa shape index (κ1) is 42.2. The second-order valence-electron chi connectivity index (χ2n) is 19.2. The standard InChI is InChI=1S/C66H52BNO/c1-41-34-43(3)65(44(4)35-41)67(66-45(5)36-42(2)37-46(66)6)50-29-24-48(25-30-50)58-39-60-57-22-15-23-62-64(57)61(40-59(60)55-21-14-13-20-54(55)58)56-33-28-49(38-63(56)69-62)47-26-31-53(32-27-47)68(51-16-9-7-10-17-51)52-18-11-8-12-19-52/h7-40H,1-6H3. The number of anilines is 3. The molecule has 11 aromatic carbocycles. The summed E-state index contributed by atoms with van der Waals surface area (Å²) in [6.45, 7) is 13.7. The fourth-order valence-corrected chi connectivity index (χ4v) is 11.7. The van der Waals surface area contributed by atoms with Gasteiger partial charge in [0.25, 0.3) is 0 Å². The topological polar surface area (TPSA) is 12.5 Å². The third-order valence-electron chi connectivity index (χ3n) is 14.5. The van der Waals surface area contributed by atoms with Crippen molar-refractivity contribution in [3.8, 4) is 44.9 Å². The van der Waals surface area contributed by atoms with Gasteiger partial charge >= 0.3 is 0 Å². The highest BCUT2D eigenvalue weighted by molar-refractivity contribution is 6.96. The summed E-state index contributed by atoms with van der Waals surface area (Å²) in [5.74, 6) is 1.76. The van der Waals surface area contributed by atoms with E-state index in [1.807, 2.05) is 0 Å². The highest BCUT2D eigenvalue weighted by atomic mass is 16.5. The minimum Gasteiger partial charge on any atom is -0.456 e. The summed E-state index contributed by atoms with van der Waals surface area (Å²) in [4.78, 5) is 2.29. The van der Waals surface area contributed by atoms with Crippen molar-refractivity contribution in [3.63, 3.8) is 0 Å². The SMILES string of the molecule is Cc1cc(C)c(B(c2ccc(-c3cc4c5cccc6c5c(cc4c4ccccc34)-c3ccc(-c4ccc(N(c5ccccc5)c5ccccc5)cc4)cc3O6)cc2)c2c(C)cc(C)cc2C)c(C)c1. The van der Waals surface area contributed by atoms with Crippen molar-refractivity contribution in [2.24, 2.45) is 0 Å². The molecule has 0 radical (unpaired) electrons. The normalized spacial score (nSPS) is 11.7. The molecule has 1 heterocycles. The van der Waals surface area contributed by atoms with Crippen molar-refractivity contribution in [2.75, 3.05) is 4.90 Å². The molecular formula is C66H52BNO. The molecule has 0 amide bonds. The highest BCUT2D eigenvalue weighted by Gasteiger charge is 2.29. The van der Waals surface area contributed by atoms with Crippen LogP contribution in [0.1, 0.15) is 33.4 Å². The molecule has 2 nitrogen and oxygen atoms in total. The number of fused-ring (bicyclic) bond motifs is 6. The number of hydrogen-bond donors (Lipinski definition) is 0. The van der Waals surface area contributed by atoms with Gasteiger partial charge in [-0.3, -0.25) is 0 Å². The molecule has 0 unspecified atom stereocenters. The Morgan fingerprint density at radius 3 is 1.43 bits per heavy atom. The average Bonchev–Trinajstić information content (AvgIpc) is 3.36. The molecule has 0 atom stereocenters. The van der Waals surface area contributed by atoms with E-state index in [4.69, 9.17) is 4.74 Å². The van der Waals surface area contributed by atoms with Crippen molar-refractivity contribution >= 4 is 72.5 Å². The predicted molar refractivity (Wildman–Crippen MR) is 296 cm³/mol. The Morgan fingerprint density at radius 2 is 0.826 bits per heavy atom. The number of aryl methyl sites for hydroxylation is 6. The quantitative estimate of drug-likeness (QED) is 0.111. The lowest BCUT2D eigenvalue weighted by atomic mass is 9.34. The van der Waals surface area contributed by atoms with Gasteiger partial charge in [-0.1, -0.05) is 189 Å². The van der Waals surface area contributed by atoms with Gasteiger partial charge < -0.3 is 9.64 Å². The van der Waals surface area contributed by atoms with Gasteiger partial charge in [0.15, 0.2) is 0 Å². The first-order chi connectivity index (χ1) is 33.7. The van der Waals surface area contributed by atoms with Crippen LogP contribution in [0.2, 0.25) is 0 Å². The van der Waals surface area contributed by atoms with Gasteiger partial charge in [0.05, 0.1) is 0 Å². The Morgan fingerprint density at radius 1 is 0.333 bits per heavy atom. The average molecular weight is 886 g/mol. The van der Waals surface area contributed by atoms with Gasteiger partial charge in [0, 0.05) is 28.0 Å². The minimum atomic E-state index is 0.121. The summed E-state index contributed by atoms with van der Waals surface area (Å²) in [6.07, 6.45) is 0. The van der Waals surface area contributed by atoms with Gasteiger partial charge in [-0.15, -0.1) is 0 Å². The van der Waals surface area contributed by atoms with Crippen molar-refractivity contribution in [1.29, 1.82) is 0 Å². The van der Waals surface area contributed by atoms with Gasteiger partial charge in [-0.25, -0.2) is 0 Å². The minimum absolute atomic E-state index is 0.121. The van der Waals surface area contributed by atoms with Crippen LogP contribution in [0.25, 0.3) is 65.7 Å². The van der Waals surface area contributed by atoms with Crippen LogP contribution >= 0.6 is 0 Å². The molecule has 3 heteroatoms. The maximum atomic E-state index is 6.89. The van der Waals surface area contributed by atoms with E-state index in [9.17, 15) is 0 Å². The van der Waals surface area contributed by atoms with Gasteiger partial charge in [-0.05, 0) is 163 Å². The molecule has 12 rings (SSSR count). The van der Waals surface area contributed by atoms with E-state index in [-0.39, 0.29) is 6.71 Å². The van der Waals surface area contributed by atoms with Gasteiger partial charge in [0.1, 0.15) is 11.5 Å². The number of rotatable bonds is 8. The number of ether oxygens (including phenoxy) is 1.